The van der Waals surface area contributed by atoms with E-state index in [2.05, 4.69) is 12.2 Å². The van der Waals surface area contributed by atoms with E-state index in [9.17, 15) is 4.79 Å². The Labute approximate surface area is 80.1 Å². The molecule has 0 saturated heterocycles. The van der Waals surface area contributed by atoms with Crippen LogP contribution in [0.5, 0.6) is 0 Å². The van der Waals surface area contributed by atoms with Crippen molar-refractivity contribution < 1.29 is 4.79 Å². The van der Waals surface area contributed by atoms with E-state index in [-0.39, 0.29) is 5.91 Å². The molecule has 3 heteroatoms. The highest BCUT2D eigenvalue weighted by Crippen LogP contribution is 2.23. The molecule has 1 aliphatic carbocycles. The molecule has 0 unspecified atom stereocenters. The molecule has 0 bridgehead atoms. The standard InChI is InChI=1S/C10H20N2O/c1-8-2-4-9(5-3-8)12-10(13)6-7-11/h8-9H,2-7,11H2,1H3,(H,12,13). The van der Waals surface area contributed by atoms with Crippen molar-refractivity contribution in [1.82, 2.24) is 5.32 Å². The summed E-state index contributed by atoms with van der Waals surface area (Å²) in [6.07, 6.45) is 5.22. The van der Waals surface area contributed by atoms with E-state index in [4.69, 9.17) is 5.73 Å². The van der Waals surface area contributed by atoms with Crippen LogP contribution in [0.4, 0.5) is 0 Å². The van der Waals surface area contributed by atoms with Crippen LogP contribution in [0.3, 0.4) is 0 Å². The third-order valence-corrected chi connectivity index (χ3v) is 2.75. The van der Waals surface area contributed by atoms with Crippen LogP contribution in [0.25, 0.3) is 0 Å². The zero-order valence-electron chi connectivity index (χ0n) is 8.38. The molecule has 0 aliphatic heterocycles. The zero-order valence-corrected chi connectivity index (χ0v) is 8.38. The third kappa shape index (κ3) is 3.77. The lowest BCUT2D eigenvalue weighted by Crippen LogP contribution is -2.38. The van der Waals surface area contributed by atoms with E-state index in [1.54, 1.807) is 0 Å². The maximum atomic E-state index is 11.2. The molecule has 76 valence electrons. The number of carbonyl (C=O) groups is 1. The quantitative estimate of drug-likeness (QED) is 0.688. The molecule has 3 nitrogen and oxygen atoms in total. The first-order chi connectivity index (χ1) is 6.22. The summed E-state index contributed by atoms with van der Waals surface area (Å²) in [4.78, 5) is 11.2. The molecule has 1 fully saturated rings. The van der Waals surface area contributed by atoms with Crippen LogP contribution in [-0.2, 0) is 4.79 Å². The van der Waals surface area contributed by atoms with Crippen LogP contribution in [-0.4, -0.2) is 18.5 Å². The Balaban J connectivity index is 2.18. The van der Waals surface area contributed by atoms with E-state index in [0.29, 0.717) is 19.0 Å². The molecule has 0 atom stereocenters. The zero-order chi connectivity index (χ0) is 9.68. The topological polar surface area (TPSA) is 55.1 Å². The molecule has 3 N–H and O–H groups in total. The number of hydrogen-bond acceptors (Lipinski definition) is 2. The van der Waals surface area contributed by atoms with Gasteiger partial charge in [-0.3, -0.25) is 4.79 Å². The van der Waals surface area contributed by atoms with Crippen LogP contribution < -0.4 is 11.1 Å². The lowest BCUT2D eigenvalue weighted by atomic mass is 9.87. The molecule has 1 rings (SSSR count). The molecule has 0 spiro atoms. The number of carbonyl (C=O) groups excluding carboxylic acids is 1. The van der Waals surface area contributed by atoms with E-state index in [1.165, 1.54) is 12.8 Å². The first-order valence-electron chi connectivity index (χ1n) is 5.21. The van der Waals surface area contributed by atoms with E-state index >= 15 is 0 Å². The Morgan fingerprint density at radius 1 is 1.38 bits per heavy atom. The van der Waals surface area contributed by atoms with Crippen LogP contribution in [0.15, 0.2) is 0 Å². The molecule has 1 saturated carbocycles. The smallest absolute Gasteiger partial charge is 0.221 e. The summed E-state index contributed by atoms with van der Waals surface area (Å²) in [6, 6.07) is 0.412. The molecule has 0 aromatic heterocycles. The Bertz CT molecular complexity index is 162. The van der Waals surface area contributed by atoms with Crippen molar-refractivity contribution in [2.24, 2.45) is 11.7 Å². The fourth-order valence-corrected chi connectivity index (χ4v) is 1.84. The van der Waals surface area contributed by atoms with Gasteiger partial charge in [-0.2, -0.15) is 0 Å². The summed E-state index contributed by atoms with van der Waals surface area (Å²) in [5.41, 5.74) is 5.30. The van der Waals surface area contributed by atoms with Crippen molar-refractivity contribution in [3.05, 3.63) is 0 Å². The van der Waals surface area contributed by atoms with Gasteiger partial charge in [0.1, 0.15) is 0 Å². The minimum atomic E-state index is 0.113. The summed E-state index contributed by atoms with van der Waals surface area (Å²) >= 11 is 0. The second kappa shape index (κ2) is 5.22. The van der Waals surface area contributed by atoms with Crippen molar-refractivity contribution >= 4 is 5.91 Å². The first kappa shape index (κ1) is 10.5. The summed E-state index contributed by atoms with van der Waals surface area (Å²) in [5.74, 6) is 0.949. The van der Waals surface area contributed by atoms with Gasteiger partial charge in [0.05, 0.1) is 0 Å². The van der Waals surface area contributed by atoms with Crippen LogP contribution >= 0.6 is 0 Å². The van der Waals surface area contributed by atoms with Crippen molar-refractivity contribution in [1.29, 1.82) is 0 Å². The molecule has 13 heavy (non-hydrogen) atoms. The highest BCUT2D eigenvalue weighted by molar-refractivity contribution is 5.76. The fourth-order valence-electron chi connectivity index (χ4n) is 1.84. The van der Waals surface area contributed by atoms with E-state index < -0.39 is 0 Å². The van der Waals surface area contributed by atoms with Gasteiger partial charge < -0.3 is 11.1 Å². The largest absolute Gasteiger partial charge is 0.353 e. The lowest BCUT2D eigenvalue weighted by molar-refractivity contribution is -0.121. The van der Waals surface area contributed by atoms with E-state index in [0.717, 1.165) is 18.8 Å². The second-order valence-corrected chi connectivity index (χ2v) is 4.06. The van der Waals surface area contributed by atoms with Crippen LogP contribution in [0.1, 0.15) is 39.0 Å². The molecule has 0 aromatic carbocycles. The molecular formula is C10H20N2O. The number of hydrogen-bond donors (Lipinski definition) is 2. The molecule has 0 heterocycles. The van der Waals surface area contributed by atoms with Gasteiger partial charge in [0.2, 0.25) is 5.91 Å². The van der Waals surface area contributed by atoms with Gasteiger partial charge in [0.15, 0.2) is 0 Å². The first-order valence-corrected chi connectivity index (χ1v) is 5.21. The van der Waals surface area contributed by atoms with Gasteiger partial charge in [-0.15, -0.1) is 0 Å². The van der Waals surface area contributed by atoms with Crippen molar-refractivity contribution in [3.63, 3.8) is 0 Å². The van der Waals surface area contributed by atoms with Gasteiger partial charge in [-0.05, 0) is 31.6 Å². The predicted octanol–water partition coefficient (Wildman–Crippen LogP) is 1.03. The minimum absolute atomic E-state index is 0.113. The Morgan fingerprint density at radius 3 is 2.54 bits per heavy atom. The van der Waals surface area contributed by atoms with Crippen LogP contribution in [0.2, 0.25) is 0 Å². The lowest BCUT2D eigenvalue weighted by Gasteiger charge is -2.26. The second-order valence-electron chi connectivity index (χ2n) is 4.06. The average Bonchev–Trinajstić information content (AvgIpc) is 2.09. The molecular weight excluding hydrogens is 164 g/mol. The number of nitrogens with one attached hydrogen (secondary N) is 1. The highest BCUT2D eigenvalue weighted by Gasteiger charge is 2.18. The van der Waals surface area contributed by atoms with Gasteiger partial charge in [0, 0.05) is 19.0 Å². The van der Waals surface area contributed by atoms with Gasteiger partial charge >= 0.3 is 0 Å². The summed E-state index contributed by atoms with van der Waals surface area (Å²) in [6.45, 7) is 2.73. The Morgan fingerprint density at radius 2 is 2.00 bits per heavy atom. The molecule has 1 aliphatic rings. The number of amides is 1. The average molecular weight is 184 g/mol. The normalized spacial score (nSPS) is 28.5. The Kier molecular flexibility index (Phi) is 4.22. The van der Waals surface area contributed by atoms with Crippen molar-refractivity contribution in [3.8, 4) is 0 Å². The van der Waals surface area contributed by atoms with Crippen LogP contribution in [0, 0.1) is 5.92 Å². The van der Waals surface area contributed by atoms with Crippen molar-refractivity contribution in [2.45, 2.75) is 45.1 Å². The maximum Gasteiger partial charge on any atom is 0.221 e. The molecule has 0 radical (unpaired) electrons. The predicted molar refractivity (Wildman–Crippen MR) is 53.2 cm³/mol. The summed E-state index contributed by atoms with van der Waals surface area (Å²) in [5, 5.41) is 3.02. The minimum Gasteiger partial charge on any atom is -0.353 e. The summed E-state index contributed by atoms with van der Waals surface area (Å²) in [7, 11) is 0. The third-order valence-electron chi connectivity index (χ3n) is 2.75. The van der Waals surface area contributed by atoms with Gasteiger partial charge in [-0.1, -0.05) is 6.92 Å². The SMILES string of the molecule is CC1CCC(NC(=O)CCN)CC1. The Hall–Kier alpha value is -0.570. The molecule has 0 aromatic rings. The molecule has 1 amide bonds. The fraction of sp³-hybridized carbons (Fsp3) is 0.900. The van der Waals surface area contributed by atoms with E-state index in [1.807, 2.05) is 0 Å². The maximum absolute atomic E-state index is 11.2. The number of rotatable bonds is 3. The number of nitrogens with two attached hydrogens (primary N) is 1. The van der Waals surface area contributed by atoms with Crippen molar-refractivity contribution in [2.75, 3.05) is 6.54 Å². The monoisotopic (exact) mass is 184 g/mol. The summed E-state index contributed by atoms with van der Waals surface area (Å²) < 4.78 is 0. The van der Waals surface area contributed by atoms with Gasteiger partial charge in [-0.25, -0.2) is 0 Å². The van der Waals surface area contributed by atoms with Gasteiger partial charge in [0.25, 0.3) is 0 Å². The highest BCUT2D eigenvalue weighted by atomic mass is 16.1.